The number of fused-ring (bicyclic) bond motifs is 3. The van der Waals surface area contributed by atoms with Gasteiger partial charge in [0, 0.05) is 78.2 Å². The summed E-state index contributed by atoms with van der Waals surface area (Å²) in [4.78, 5) is 32.2. The minimum Gasteiger partial charge on any atom is -0.461 e. The fourth-order valence-electron chi connectivity index (χ4n) is 8.03. The van der Waals surface area contributed by atoms with Crippen LogP contribution in [0.1, 0.15) is 36.8 Å². The van der Waals surface area contributed by atoms with Gasteiger partial charge in [-0.3, -0.25) is 9.69 Å². The minimum absolute atomic E-state index is 0.0116. The van der Waals surface area contributed by atoms with Crippen LogP contribution >= 0.6 is 11.3 Å². The lowest BCUT2D eigenvalue weighted by molar-refractivity contribution is -0.129. The number of terminal acetylenes is 1. The van der Waals surface area contributed by atoms with Crippen molar-refractivity contribution in [1.29, 1.82) is 0 Å². The van der Waals surface area contributed by atoms with E-state index >= 15 is 4.39 Å². The van der Waals surface area contributed by atoms with Gasteiger partial charge in [0.2, 0.25) is 0 Å². The highest BCUT2D eigenvalue weighted by atomic mass is 32.1. The zero-order chi connectivity index (χ0) is 35.3. The highest BCUT2D eigenvalue weighted by Gasteiger charge is 2.49. The number of carbonyl (C=O) groups is 1. The molecule has 12 heteroatoms. The van der Waals surface area contributed by atoms with E-state index in [1.807, 2.05) is 48.2 Å². The molecule has 0 N–H and O–H groups in total. The number of carbonyl (C=O) groups excluding carboxylic acids is 1. The van der Waals surface area contributed by atoms with Crippen LogP contribution in [0.25, 0.3) is 38.9 Å². The standard InChI is InChI=1S/C39H35F3N6O2S/c1-3-25-7-4-8-26-9-5-10-28(33(25)26)29-11-12-30-35(34(29)42)44-38(50-23-39-13-6-15-47(39)22-27(40)20-39)45-36(30)48-17-16-46(21-24(48)2)37(49)31(41)19-32-43-14-18-51-32/h1,4-5,7-12,14,18-19,24,27H,6,13,15-17,20-23H2,2H3/b31-19-/t24-,27+,39-/m0/s1. The van der Waals surface area contributed by atoms with Crippen LogP contribution in [0.15, 0.2) is 65.9 Å². The fraction of sp³-hybridized carbons (Fsp3) is 0.333. The molecule has 3 aromatic carbocycles. The van der Waals surface area contributed by atoms with E-state index in [1.165, 1.54) is 16.2 Å². The second-order valence-electron chi connectivity index (χ2n) is 13.5. The number of alkyl halides is 1. The molecule has 3 aliphatic heterocycles. The van der Waals surface area contributed by atoms with Crippen molar-refractivity contribution in [3.05, 3.63) is 82.3 Å². The first-order valence-corrected chi connectivity index (χ1v) is 18.0. The zero-order valence-electron chi connectivity index (χ0n) is 28.0. The fourth-order valence-corrected chi connectivity index (χ4v) is 8.59. The summed E-state index contributed by atoms with van der Waals surface area (Å²) in [5.74, 6) is 1.02. The van der Waals surface area contributed by atoms with E-state index in [4.69, 9.17) is 16.1 Å². The average molecular weight is 709 g/mol. The summed E-state index contributed by atoms with van der Waals surface area (Å²) >= 11 is 1.24. The van der Waals surface area contributed by atoms with Gasteiger partial charge in [-0.05, 0) is 49.4 Å². The summed E-state index contributed by atoms with van der Waals surface area (Å²) in [7, 11) is 0. The van der Waals surface area contributed by atoms with Crippen molar-refractivity contribution in [2.24, 2.45) is 0 Å². The molecule has 0 aliphatic carbocycles. The van der Waals surface area contributed by atoms with E-state index in [0.29, 0.717) is 52.4 Å². The molecule has 260 valence electrons. The minimum atomic E-state index is -0.934. The maximum absolute atomic E-state index is 17.0. The van der Waals surface area contributed by atoms with E-state index in [0.717, 1.165) is 36.2 Å². The highest BCUT2D eigenvalue weighted by Crippen LogP contribution is 2.41. The van der Waals surface area contributed by atoms with Gasteiger partial charge in [-0.15, -0.1) is 17.8 Å². The Balaban J connectivity index is 1.18. The quantitative estimate of drug-likeness (QED) is 0.133. The maximum Gasteiger partial charge on any atom is 0.319 e. The lowest BCUT2D eigenvalue weighted by Crippen LogP contribution is -2.54. The Hall–Kier alpha value is -4.99. The molecule has 0 saturated carbocycles. The summed E-state index contributed by atoms with van der Waals surface area (Å²) in [5.41, 5.74) is 1.23. The molecule has 0 spiro atoms. The zero-order valence-corrected chi connectivity index (χ0v) is 28.8. The monoisotopic (exact) mass is 708 g/mol. The summed E-state index contributed by atoms with van der Waals surface area (Å²) in [6, 6.07) is 14.5. The third-order valence-electron chi connectivity index (χ3n) is 10.4. The molecular weight excluding hydrogens is 674 g/mol. The summed E-state index contributed by atoms with van der Waals surface area (Å²) in [6.07, 6.45) is 9.74. The number of hydrogen-bond acceptors (Lipinski definition) is 8. The second-order valence-corrected chi connectivity index (χ2v) is 14.5. The smallest absolute Gasteiger partial charge is 0.319 e. The molecule has 3 atom stereocenters. The predicted octanol–water partition coefficient (Wildman–Crippen LogP) is 7.03. The van der Waals surface area contributed by atoms with Crippen molar-refractivity contribution in [3.8, 4) is 29.5 Å². The highest BCUT2D eigenvalue weighted by molar-refractivity contribution is 7.10. The molecule has 0 bridgehead atoms. The van der Waals surface area contributed by atoms with Crippen LogP contribution in [0.2, 0.25) is 0 Å². The molecule has 0 unspecified atom stereocenters. The molecule has 5 aromatic rings. The van der Waals surface area contributed by atoms with Crippen LogP contribution in [0.3, 0.4) is 0 Å². The Morgan fingerprint density at radius 3 is 2.75 bits per heavy atom. The van der Waals surface area contributed by atoms with Crippen LogP contribution in [0.5, 0.6) is 6.01 Å². The average Bonchev–Trinajstić information content (AvgIpc) is 3.86. The number of ether oxygens (including phenoxy) is 1. The Morgan fingerprint density at radius 1 is 1.12 bits per heavy atom. The molecule has 0 radical (unpaired) electrons. The Morgan fingerprint density at radius 2 is 1.96 bits per heavy atom. The van der Waals surface area contributed by atoms with Gasteiger partial charge in [0.05, 0.1) is 5.54 Å². The van der Waals surface area contributed by atoms with Crippen LogP contribution < -0.4 is 9.64 Å². The van der Waals surface area contributed by atoms with E-state index in [9.17, 15) is 13.6 Å². The van der Waals surface area contributed by atoms with Gasteiger partial charge in [0.25, 0.3) is 5.91 Å². The lowest BCUT2D eigenvalue weighted by Gasteiger charge is -2.40. The van der Waals surface area contributed by atoms with Gasteiger partial charge >= 0.3 is 6.01 Å². The number of piperazine rings is 1. The Labute approximate surface area is 297 Å². The number of nitrogens with zero attached hydrogens (tertiary/aromatic N) is 6. The summed E-state index contributed by atoms with van der Waals surface area (Å²) in [5, 5.41) is 4.24. The third kappa shape index (κ3) is 5.98. The van der Waals surface area contributed by atoms with E-state index in [1.54, 1.807) is 23.7 Å². The number of aromatic nitrogens is 3. The first kappa shape index (κ1) is 33.2. The molecule has 3 fully saturated rings. The van der Waals surface area contributed by atoms with Gasteiger partial charge < -0.3 is 14.5 Å². The Bertz CT molecular complexity index is 2220. The Kier molecular flexibility index (Phi) is 8.64. The molecular formula is C39H35F3N6O2S. The molecule has 1 amide bonds. The topological polar surface area (TPSA) is 74.7 Å². The van der Waals surface area contributed by atoms with Crippen molar-refractivity contribution in [2.75, 3.05) is 44.2 Å². The molecule has 3 aliphatic rings. The molecule has 2 aromatic heterocycles. The third-order valence-corrected chi connectivity index (χ3v) is 11.2. The summed E-state index contributed by atoms with van der Waals surface area (Å²) in [6.45, 7) is 3.99. The van der Waals surface area contributed by atoms with Crippen molar-refractivity contribution in [1.82, 2.24) is 24.8 Å². The van der Waals surface area contributed by atoms with E-state index in [2.05, 4.69) is 20.8 Å². The normalized spacial score (nSPS) is 22.5. The number of thiazole rings is 1. The predicted molar refractivity (Wildman–Crippen MR) is 194 cm³/mol. The largest absolute Gasteiger partial charge is 0.461 e. The number of benzene rings is 3. The molecule has 3 saturated heterocycles. The number of hydrogen-bond donors (Lipinski definition) is 0. The summed E-state index contributed by atoms with van der Waals surface area (Å²) < 4.78 is 52.8. The van der Waals surface area contributed by atoms with Crippen molar-refractivity contribution in [3.63, 3.8) is 0 Å². The van der Waals surface area contributed by atoms with Crippen LogP contribution in [0, 0.1) is 18.2 Å². The lowest BCUT2D eigenvalue weighted by atomic mass is 9.93. The van der Waals surface area contributed by atoms with Crippen molar-refractivity contribution < 1.29 is 22.7 Å². The molecule has 5 heterocycles. The number of anilines is 1. The molecule has 8 rings (SSSR count). The van der Waals surface area contributed by atoms with Crippen LogP contribution in [0.4, 0.5) is 19.0 Å². The van der Waals surface area contributed by atoms with Crippen LogP contribution in [-0.2, 0) is 4.79 Å². The van der Waals surface area contributed by atoms with Gasteiger partial charge in [0.15, 0.2) is 11.6 Å². The molecule has 51 heavy (non-hydrogen) atoms. The SMILES string of the molecule is C#Cc1cccc2cccc(-c3ccc4c(N5CCN(C(=O)/C(F)=C/c6nccs6)C[C@@H]5C)nc(OC[C@@]56CCCN5C[C@H](F)C6)nc4c3F)c12. The number of rotatable bonds is 7. The molecule has 8 nitrogen and oxygen atoms in total. The number of amides is 1. The van der Waals surface area contributed by atoms with Gasteiger partial charge in [-0.2, -0.15) is 9.97 Å². The van der Waals surface area contributed by atoms with Gasteiger partial charge in [-0.1, -0.05) is 42.3 Å². The second kappa shape index (κ2) is 13.3. The first-order chi connectivity index (χ1) is 24.7. The van der Waals surface area contributed by atoms with Crippen molar-refractivity contribution >= 4 is 50.8 Å². The van der Waals surface area contributed by atoms with E-state index < -0.39 is 29.3 Å². The first-order valence-electron chi connectivity index (χ1n) is 17.1. The van der Waals surface area contributed by atoms with Crippen LogP contribution in [-0.4, -0.2) is 87.7 Å². The maximum atomic E-state index is 17.0. The van der Waals surface area contributed by atoms with Gasteiger partial charge in [-0.25, -0.2) is 18.2 Å². The van der Waals surface area contributed by atoms with Crippen molar-refractivity contribution in [2.45, 2.75) is 43.9 Å². The van der Waals surface area contributed by atoms with E-state index in [-0.39, 0.29) is 37.3 Å². The number of halogens is 3. The van der Waals surface area contributed by atoms with Gasteiger partial charge in [0.1, 0.15) is 29.1 Å².